The molecule has 1 N–H and O–H groups in total. The number of rotatable bonds is 2. The van der Waals surface area contributed by atoms with Gasteiger partial charge in [-0.1, -0.05) is 23.2 Å². The first-order valence-corrected chi connectivity index (χ1v) is 3.70. The number of aliphatic carboxylic acids is 1. The predicted molar refractivity (Wildman–Crippen MR) is 44.4 cm³/mol. The second-order valence-electron chi connectivity index (χ2n) is 1.28. The van der Waals surface area contributed by atoms with Crippen molar-refractivity contribution in [3.8, 4) is 0 Å². The quantitative estimate of drug-likeness (QED) is 0.600. The summed E-state index contributed by atoms with van der Waals surface area (Å²) in [5.74, 6) is -1.06. The topological polar surface area (TPSA) is 37.3 Å². The highest BCUT2D eigenvalue weighted by atomic mass is 79.9. The van der Waals surface area contributed by atoms with Gasteiger partial charge in [0.15, 0.2) is 0 Å². The molecule has 0 amide bonds. The van der Waals surface area contributed by atoms with Crippen LogP contribution in [0.4, 0.5) is 0 Å². The van der Waals surface area contributed by atoms with Crippen LogP contribution in [0.5, 0.6) is 0 Å². The monoisotopic (exact) mass is 244 g/mol. The summed E-state index contributed by atoms with van der Waals surface area (Å²) in [7, 11) is 0. The van der Waals surface area contributed by atoms with Crippen LogP contribution in [0.15, 0.2) is 21.1 Å². The predicted octanol–water partition coefficient (Wildman–Crippen LogP) is 2.67. The highest BCUT2D eigenvalue weighted by Crippen LogP contribution is 2.10. The molecule has 0 spiro atoms. The largest absolute Gasteiger partial charge is 0.477 e. The molecule has 56 valence electrons. The minimum absolute atomic E-state index is 0.00583. The van der Waals surface area contributed by atoms with Crippen molar-refractivity contribution in [2.24, 2.45) is 0 Å². The average molecular weight is 246 g/mol. The Morgan fingerprint density at radius 1 is 1.40 bits per heavy atom. The van der Waals surface area contributed by atoms with E-state index in [4.69, 9.17) is 28.3 Å². The minimum atomic E-state index is -1.06. The third-order valence-corrected chi connectivity index (χ3v) is 1.42. The molecule has 0 unspecified atom stereocenters. The molecule has 0 saturated heterocycles. The van der Waals surface area contributed by atoms with Crippen molar-refractivity contribution < 1.29 is 9.90 Å². The molecular weight excluding hydrogens is 243 g/mol. The van der Waals surface area contributed by atoms with Crippen LogP contribution in [0.1, 0.15) is 0 Å². The van der Waals surface area contributed by atoms with Gasteiger partial charge in [-0.15, -0.1) is 0 Å². The molecule has 0 rings (SSSR count). The SMILES string of the molecule is O=C(O)/C(Br)=C/C=C(Cl)Cl. The lowest BCUT2D eigenvalue weighted by atomic mass is 10.5. The summed E-state index contributed by atoms with van der Waals surface area (Å²) < 4.78 is 0.0181. The third-order valence-electron chi connectivity index (χ3n) is 0.560. The van der Waals surface area contributed by atoms with Crippen molar-refractivity contribution in [3.63, 3.8) is 0 Å². The van der Waals surface area contributed by atoms with Gasteiger partial charge in [-0.2, -0.15) is 0 Å². The van der Waals surface area contributed by atoms with E-state index in [1.807, 2.05) is 0 Å². The number of allylic oxidation sites excluding steroid dienone is 2. The molecule has 0 fully saturated rings. The van der Waals surface area contributed by atoms with Crippen LogP contribution < -0.4 is 0 Å². The Hall–Kier alpha value is 0.01000. The molecular formula is C5H3BrCl2O2. The molecule has 0 radical (unpaired) electrons. The van der Waals surface area contributed by atoms with E-state index >= 15 is 0 Å². The Balaban J connectivity index is 4.19. The van der Waals surface area contributed by atoms with E-state index in [0.29, 0.717) is 0 Å². The van der Waals surface area contributed by atoms with Gasteiger partial charge in [0.2, 0.25) is 0 Å². The van der Waals surface area contributed by atoms with Crippen LogP contribution in [-0.2, 0) is 4.79 Å². The fraction of sp³-hybridized carbons (Fsp3) is 0. The van der Waals surface area contributed by atoms with Gasteiger partial charge in [-0.25, -0.2) is 4.79 Å². The summed E-state index contributed by atoms with van der Waals surface area (Å²) >= 11 is 13.2. The van der Waals surface area contributed by atoms with Crippen LogP contribution in [-0.4, -0.2) is 11.1 Å². The van der Waals surface area contributed by atoms with Crippen molar-refractivity contribution in [3.05, 3.63) is 21.1 Å². The van der Waals surface area contributed by atoms with Crippen molar-refractivity contribution in [1.29, 1.82) is 0 Å². The average Bonchev–Trinajstić information content (AvgIpc) is 1.82. The zero-order valence-electron chi connectivity index (χ0n) is 4.64. The van der Waals surface area contributed by atoms with E-state index in [0.717, 1.165) is 0 Å². The van der Waals surface area contributed by atoms with Gasteiger partial charge in [0.05, 0.1) is 0 Å². The summed E-state index contributed by atoms with van der Waals surface area (Å²) in [6, 6.07) is 0. The number of hydrogen-bond acceptors (Lipinski definition) is 1. The number of halogens is 3. The van der Waals surface area contributed by atoms with Gasteiger partial charge in [0, 0.05) is 0 Å². The molecule has 0 saturated carbocycles. The molecule has 0 bridgehead atoms. The first-order valence-electron chi connectivity index (χ1n) is 2.16. The molecule has 0 atom stereocenters. The lowest BCUT2D eigenvalue weighted by Gasteiger charge is -1.84. The molecule has 2 nitrogen and oxygen atoms in total. The first kappa shape index (κ1) is 10.0. The van der Waals surface area contributed by atoms with Gasteiger partial charge in [-0.3, -0.25) is 0 Å². The Bertz CT molecular complexity index is 194. The minimum Gasteiger partial charge on any atom is -0.477 e. The highest BCUT2D eigenvalue weighted by Gasteiger charge is 1.98. The summed E-state index contributed by atoms with van der Waals surface area (Å²) in [5.41, 5.74) is 0. The number of carboxylic acid groups (broad SMARTS) is 1. The fourth-order valence-corrected chi connectivity index (χ4v) is 0.466. The van der Waals surface area contributed by atoms with E-state index in [1.165, 1.54) is 12.2 Å². The molecule has 0 aliphatic carbocycles. The molecule has 10 heavy (non-hydrogen) atoms. The molecule has 0 aromatic carbocycles. The van der Waals surface area contributed by atoms with Crippen LogP contribution in [0.2, 0.25) is 0 Å². The molecule has 0 heterocycles. The number of hydrogen-bond donors (Lipinski definition) is 1. The van der Waals surface area contributed by atoms with E-state index in [1.54, 1.807) is 0 Å². The zero-order chi connectivity index (χ0) is 8.15. The smallest absolute Gasteiger partial charge is 0.342 e. The van der Waals surface area contributed by atoms with Crippen molar-refractivity contribution in [2.75, 3.05) is 0 Å². The Morgan fingerprint density at radius 2 is 1.90 bits per heavy atom. The lowest BCUT2D eigenvalue weighted by molar-refractivity contribution is -0.131. The molecule has 0 aromatic rings. The van der Waals surface area contributed by atoms with E-state index in [2.05, 4.69) is 15.9 Å². The van der Waals surface area contributed by atoms with Gasteiger partial charge in [-0.05, 0) is 28.1 Å². The van der Waals surface area contributed by atoms with Gasteiger partial charge in [0.25, 0.3) is 0 Å². The van der Waals surface area contributed by atoms with Crippen molar-refractivity contribution in [1.82, 2.24) is 0 Å². The summed E-state index contributed by atoms with van der Waals surface area (Å²) in [4.78, 5) is 10.1. The van der Waals surface area contributed by atoms with Gasteiger partial charge in [0.1, 0.15) is 8.97 Å². The second kappa shape index (κ2) is 4.77. The van der Waals surface area contributed by atoms with Crippen molar-refractivity contribution >= 4 is 45.1 Å². The zero-order valence-corrected chi connectivity index (χ0v) is 7.74. The second-order valence-corrected chi connectivity index (χ2v) is 3.14. The first-order chi connectivity index (χ1) is 4.54. The Morgan fingerprint density at radius 3 is 2.20 bits per heavy atom. The molecule has 0 aromatic heterocycles. The summed E-state index contributed by atoms with van der Waals surface area (Å²) in [6.07, 6.45) is 2.51. The van der Waals surface area contributed by atoms with E-state index in [-0.39, 0.29) is 8.97 Å². The Labute approximate surface area is 76.2 Å². The van der Waals surface area contributed by atoms with Crippen LogP contribution in [0.3, 0.4) is 0 Å². The molecule has 5 heteroatoms. The number of carbonyl (C=O) groups is 1. The Kier molecular flexibility index (Phi) is 4.77. The maximum Gasteiger partial charge on any atom is 0.342 e. The maximum absolute atomic E-state index is 10.1. The highest BCUT2D eigenvalue weighted by molar-refractivity contribution is 9.12. The summed E-state index contributed by atoms with van der Waals surface area (Å²) in [5, 5.41) is 8.26. The number of carboxylic acids is 1. The van der Waals surface area contributed by atoms with Gasteiger partial charge >= 0.3 is 5.97 Å². The van der Waals surface area contributed by atoms with Crippen LogP contribution in [0, 0.1) is 0 Å². The lowest BCUT2D eigenvalue weighted by Crippen LogP contribution is -1.91. The standard InChI is InChI=1S/C5H3BrCl2O2/c6-3(5(9)10)1-2-4(7)8/h1-2H,(H,9,10)/b3-1-. The van der Waals surface area contributed by atoms with Crippen LogP contribution >= 0.6 is 39.1 Å². The third kappa shape index (κ3) is 4.85. The maximum atomic E-state index is 10.1. The van der Waals surface area contributed by atoms with E-state index < -0.39 is 5.97 Å². The van der Waals surface area contributed by atoms with Crippen LogP contribution in [0.25, 0.3) is 0 Å². The molecule has 0 aliphatic rings. The molecule has 0 aliphatic heterocycles. The van der Waals surface area contributed by atoms with Crippen molar-refractivity contribution in [2.45, 2.75) is 0 Å². The summed E-state index contributed by atoms with van der Waals surface area (Å²) in [6.45, 7) is 0. The van der Waals surface area contributed by atoms with Gasteiger partial charge < -0.3 is 5.11 Å². The fourth-order valence-electron chi connectivity index (χ4n) is 0.207. The van der Waals surface area contributed by atoms with E-state index in [9.17, 15) is 4.79 Å². The normalized spacial score (nSPS) is 10.9.